The summed E-state index contributed by atoms with van der Waals surface area (Å²) in [7, 11) is 0. The first-order chi connectivity index (χ1) is 4.72. The van der Waals surface area contributed by atoms with Crippen molar-refractivity contribution >= 4 is 5.97 Å². The van der Waals surface area contributed by atoms with E-state index in [0.29, 0.717) is 0 Å². The van der Waals surface area contributed by atoms with E-state index in [4.69, 9.17) is 5.26 Å². The molecule has 0 aliphatic rings. The molecule has 0 aromatic carbocycles. The van der Waals surface area contributed by atoms with Crippen LogP contribution in [0.1, 0.15) is 13.8 Å². The molecule has 1 atom stereocenters. The molecule has 0 aromatic rings. The SMILES string of the molecule is CC=COC(=O)C(C)C#N. The summed E-state index contributed by atoms with van der Waals surface area (Å²) in [5.41, 5.74) is 0. The van der Waals surface area contributed by atoms with Crippen LogP contribution in [0.3, 0.4) is 0 Å². The summed E-state index contributed by atoms with van der Waals surface area (Å²) in [5, 5.41) is 8.23. The number of allylic oxidation sites excluding steroid dienone is 1. The van der Waals surface area contributed by atoms with Crippen molar-refractivity contribution in [3.8, 4) is 6.07 Å². The Morgan fingerprint density at radius 1 is 1.80 bits per heavy atom. The fourth-order valence-corrected chi connectivity index (χ4v) is 0.290. The molecule has 0 aromatic heterocycles. The second kappa shape index (κ2) is 4.57. The summed E-state index contributed by atoms with van der Waals surface area (Å²) < 4.78 is 4.50. The Kier molecular flexibility index (Phi) is 3.97. The van der Waals surface area contributed by atoms with Gasteiger partial charge in [0.25, 0.3) is 0 Å². The van der Waals surface area contributed by atoms with Crippen molar-refractivity contribution in [2.24, 2.45) is 5.92 Å². The Morgan fingerprint density at radius 3 is 2.80 bits per heavy atom. The lowest BCUT2D eigenvalue weighted by molar-refractivity contribution is -0.140. The Bertz CT molecular complexity index is 179. The van der Waals surface area contributed by atoms with Gasteiger partial charge in [-0.25, -0.2) is 0 Å². The predicted molar refractivity (Wildman–Crippen MR) is 35.7 cm³/mol. The number of ether oxygens (including phenoxy) is 1. The largest absolute Gasteiger partial charge is 0.434 e. The van der Waals surface area contributed by atoms with Gasteiger partial charge < -0.3 is 4.74 Å². The van der Waals surface area contributed by atoms with Gasteiger partial charge in [0.2, 0.25) is 0 Å². The zero-order chi connectivity index (χ0) is 7.98. The van der Waals surface area contributed by atoms with Gasteiger partial charge in [-0.3, -0.25) is 4.79 Å². The number of esters is 1. The number of carbonyl (C=O) groups excluding carboxylic acids is 1. The predicted octanol–water partition coefficient (Wildman–Crippen LogP) is 1.22. The highest BCUT2D eigenvalue weighted by molar-refractivity contribution is 5.75. The van der Waals surface area contributed by atoms with E-state index >= 15 is 0 Å². The summed E-state index contributed by atoms with van der Waals surface area (Å²) in [6, 6.07) is 1.77. The fraction of sp³-hybridized carbons (Fsp3) is 0.429. The smallest absolute Gasteiger partial charge is 0.327 e. The first-order valence-corrected chi connectivity index (χ1v) is 2.93. The zero-order valence-electron chi connectivity index (χ0n) is 6.00. The van der Waals surface area contributed by atoms with Crippen LogP contribution in [0.15, 0.2) is 12.3 Å². The third-order valence-electron chi connectivity index (χ3n) is 0.867. The van der Waals surface area contributed by atoms with Gasteiger partial charge >= 0.3 is 5.97 Å². The summed E-state index contributed by atoms with van der Waals surface area (Å²) in [4.78, 5) is 10.6. The topological polar surface area (TPSA) is 50.1 Å². The fourth-order valence-electron chi connectivity index (χ4n) is 0.290. The summed E-state index contributed by atoms with van der Waals surface area (Å²) in [5.74, 6) is -1.20. The van der Waals surface area contributed by atoms with Crippen LogP contribution in [-0.2, 0) is 9.53 Å². The van der Waals surface area contributed by atoms with Crippen LogP contribution in [0.2, 0.25) is 0 Å². The molecular formula is C7H9NO2. The minimum Gasteiger partial charge on any atom is -0.434 e. The zero-order valence-corrected chi connectivity index (χ0v) is 6.00. The molecule has 0 heterocycles. The van der Waals surface area contributed by atoms with Crippen LogP contribution in [0, 0.1) is 17.2 Å². The molecule has 3 heteroatoms. The highest BCUT2D eigenvalue weighted by Crippen LogP contribution is 1.95. The maximum atomic E-state index is 10.6. The van der Waals surface area contributed by atoms with Gasteiger partial charge in [-0.05, 0) is 13.8 Å². The number of hydrogen-bond acceptors (Lipinski definition) is 3. The van der Waals surface area contributed by atoms with Gasteiger partial charge in [-0.2, -0.15) is 5.26 Å². The molecule has 1 unspecified atom stereocenters. The van der Waals surface area contributed by atoms with Gasteiger partial charge in [0.1, 0.15) is 5.92 Å². The van der Waals surface area contributed by atoms with Crippen LogP contribution < -0.4 is 0 Å². The molecular weight excluding hydrogens is 130 g/mol. The Morgan fingerprint density at radius 2 is 2.40 bits per heavy atom. The Hall–Kier alpha value is -1.30. The molecule has 54 valence electrons. The van der Waals surface area contributed by atoms with E-state index in [1.54, 1.807) is 19.1 Å². The monoisotopic (exact) mass is 139 g/mol. The average molecular weight is 139 g/mol. The van der Waals surface area contributed by atoms with Crippen LogP contribution in [0.25, 0.3) is 0 Å². The number of nitrogens with zero attached hydrogens (tertiary/aromatic N) is 1. The van der Waals surface area contributed by atoms with E-state index < -0.39 is 11.9 Å². The van der Waals surface area contributed by atoms with Crippen LogP contribution in [-0.4, -0.2) is 5.97 Å². The van der Waals surface area contributed by atoms with E-state index in [1.807, 2.05) is 0 Å². The van der Waals surface area contributed by atoms with E-state index in [-0.39, 0.29) is 0 Å². The average Bonchev–Trinajstić information content (AvgIpc) is 1.98. The molecule has 0 N–H and O–H groups in total. The van der Waals surface area contributed by atoms with Crippen LogP contribution in [0.5, 0.6) is 0 Å². The van der Waals surface area contributed by atoms with Gasteiger partial charge in [-0.1, -0.05) is 6.08 Å². The lowest BCUT2D eigenvalue weighted by Gasteiger charge is -1.97. The van der Waals surface area contributed by atoms with E-state index in [9.17, 15) is 4.79 Å². The molecule has 0 spiro atoms. The normalized spacial score (nSPS) is 12.5. The van der Waals surface area contributed by atoms with Crippen molar-refractivity contribution in [2.45, 2.75) is 13.8 Å². The lowest BCUT2D eigenvalue weighted by atomic mass is 10.2. The molecule has 0 aliphatic carbocycles. The molecule has 0 saturated heterocycles. The molecule has 0 rings (SSSR count). The van der Waals surface area contributed by atoms with Crippen LogP contribution >= 0.6 is 0 Å². The van der Waals surface area contributed by atoms with Gasteiger partial charge in [0.05, 0.1) is 12.3 Å². The number of carbonyl (C=O) groups is 1. The third-order valence-corrected chi connectivity index (χ3v) is 0.867. The van der Waals surface area contributed by atoms with Crippen molar-refractivity contribution < 1.29 is 9.53 Å². The molecule has 0 radical (unpaired) electrons. The summed E-state index contributed by atoms with van der Waals surface area (Å²) >= 11 is 0. The molecule has 0 saturated carbocycles. The van der Waals surface area contributed by atoms with Crippen molar-refractivity contribution in [2.75, 3.05) is 0 Å². The second-order valence-electron chi connectivity index (χ2n) is 1.76. The molecule has 0 bridgehead atoms. The molecule has 3 nitrogen and oxygen atoms in total. The minimum atomic E-state index is -0.684. The molecule has 0 fully saturated rings. The molecule has 10 heavy (non-hydrogen) atoms. The highest BCUT2D eigenvalue weighted by Gasteiger charge is 2.10. The number of rotatable bonds is 2. The van der Waals surface area contributed by atoms with Crippen molar-refractivity contribution in [1.29, 1.82) is 5.26 Å². The van der Waals surface area contributed by atoms with Crippen molar-refractivity contribution in [3.05, 3.63) is 12.3 Å². The second-order valence-corrected chi connectivity index (χ2v) is 1.76. The van der Waals surface area contributed by atoms with E-state index in [1.165, 1.54) is 13.2 Å². The van der Waals surface area contributed by atoms with Crippen LogP contribution in [0.4, 0.5) is 0 Å². The van der Waals surface area contributed by atoms with Gasteiger partial charge in [-0.15, -0.1) is 0 Å². The third kappa shape index (κ3) is 2.88. The van der Waals surface area contributed by atoms with E-state index in [2.05, 4.69) is 4.74 Å². The maximum absolute atomic E-state index is 10.6. The highest BCUT2D eigenvalue weighted by atomic mass is 16.5. The number of hydrogen-bond donors (Lipinski definition) is 0. The van der Waals surface area contributed by atoms with Gasteiger partial charge in [0.15, 0.2) is 0 Å². The lowest BCUT2D eigenvalue weighted by Crippen LogP contribution is -2.09. The van der Waals surface area contributed by atoms with E-state index in [0.717, 1.165) is 0 Å². The molecule has 0 aliphatic heterocycles. The quantitative estimate of drug-likeness (QED) is 0.427. The summed E-state index contributed by atoms with van der Waals surface area (Å²) in [6.45, 7) is 3.22. The first kappa shape index (κ1) is 8.70. The first-order valence-electron chi connectivity index (χ1n) is 2.93. The maximum Gasteiger partial charge on any atom is 0.327 e. The summed E-state index contributed by atoms with van der Waals surface area (Å²) in [6.07, 6.45) is 2.85. The Balaban J connectivity index is 3.76. The Labute approximate surface area is 59.9 Å². The molecule has 0 amide bonds. The van der Waals surface area contributed by atoms with Gasteiger partial charge in [0, 0.05) is 0 Å². The minimum absolute atomic E-state index is 0.513. The van der Waals surface area contributed by atoms with Crippen molar-refractivity contribution in [3.63, 3.8) is 0 Å². The van der Waals surface area contributed by atoms with Crippen molar-refractivity contribution in [1.82, 2.24) is 0 Å². The standard InChI is InChI=1S/C7H9NO2/c1-3-4-10-7(9)6(2)5-8/h3-4,6H,1-2H3. The number of nitriles is 1.